The quantitative estimate of drug-likeness (QED) is 0.184. The molecule has 1 saturated heterocycles. The third-order valence-electron chi connectivity index (χ3n) is 7.33. The Morgan fingerprint density at radius 2 is 1.81 bits per heavy atom. The van der Waals surface area contributed by atoms with Crippen LogP contribution >= 0.6 is 34.8 Å². The zero-order valence-corrected chi connectivity index (χ0v) is 24.6. The van der Waals surface area contributed by atoms with Gasteiger partial charge < -0.3 is 10.6 Å². The third-order valence-corrected chi connectivity index (χ3v) is 8.16. The first-order valence-electron chi connectivity index (χ1n) is 13.2. The van der Waals surface area contributed by atoms with Gasteiger partial charge in [0, 0.05) is 41.1 Å². The molecule has 1 atom stereocenters. The molecule has 1 fully saturated rings. The van der Waals surface area contributed by atoms with Crippen molar-refractivity contribution in [3.8, 4) is 6.07 Å². The van der Waals surface area contributed by atoms with Crippen molar-refractivity contribution < 1.29 is 4.39 Å². The number of aromatic nitrogens is 4. The van der Waals surface area contributed by atoms with E-state index in [1.54, 1.807) is 12.1 Å². The molecular weight excluding hydrogens is 598 g/mol. The van der Waals surface area contributed by atoms with Crippen molar-refractivity contribution in [3.63, 3.8) is 0 Å². The maximum absolute atomic E-state index is 13.8. The summed E-state index contributed by atoms with van der Waals surface area (Å²) in [5, 5.41) is 27.1. The predicted octanol–water partition coefficient (Wildman–Crippen LogP) is 7.62. The van der Waals surface area contributed by atoms with Crippen LogP contribution < -0.4 is 10.6 Å². The molecule has 0 saturated carbocycles. The van der Waals surface area contributed by atoms with Gasteiger partial charge in [-0.2, -0.15) is 5.26 Å². The van der Waals surface area contributed by atoms with Gasteiger partial charge in [-0.15, -0.1) is 5.10 Å². The van der Waals surface area contributed by atoms with Crippen LogP contribution in [0.3, 0.4) is 0 Å². The largest absolute Gasteiger partial charge is 0.373 e. The van der Waals surface area contributed by atoms with E-state index in [1.807, 2.05) is 41.2 Å². The van der Waals surface area contributed by atoms with E-state index in [4.69, 9.17) is 34.8 Å². The lowest BCUT2D eigenvalue weighted by atomic mass is 10.0. The highest BCUT2D eigenvalue weighted by Crippen LogP contribution is 2.37. The second-order valence-electron chi connectivity index (χ2n) is 10.0. The molecule has 0 radical (unpaired) electrons. The fourth-order valence-electron chi connectivity index (χ4n) is 5.00. The molecule has 2 N–H and O–H groups in total. The van der Waals surface area contributed by atoms with Crippen LogP contribution in [0.1, 0.15) is 35.8 Å². The Kier molecular flexibility index (Phi) is 7.88. The summed E-state index contributed by atoms with van der Waals surface area (Å²) in [6, 6.07) is 17.5. The number of nitrogens with one attached hydrogen (secondary N) is 2. The van der Waals surface area contributed by atoms with Crippen molar-refractivity contribution in [2.45, 2.75) is 19.0 Å². The van der Waals surface area contributed by atoms with E-state index in [2.05, 4.69) is 43.8 Å². The van der Waals surface area contributed by atoms with Gasteiger partial charge in [-0.3, -0.25) is 9.88 Å². The molecule has 3 heterocycles. The maximum Gasteiger partial charge on any atom is 0.141 e. The molecule has 12 heteroatoms. The molecule has 1 aliphatic rings. The Morgan fingerprint density at radius 1 is 1.05 bits per heavy atom. The molecule has 212 valence electrons. The Morgan fingerprint density at radius 3 is 2.52 bits per heavy atom. The molecular formula is C30H24Cl3FN8. The maximum atomic E-state index is 13.8. The Balaban J connectivity index is 1.40. The van der Waals surface area contributed by atoms with E-state index in [9.17, 15) is 9.65 Å². The topological polar surface area (TPSA) is 94.7 Å². The van der Waals surface area contributed by atoms with Crippen LogP contribution in [0, 0.1) is 17.1 Å². The van der Waals surface area contributed by atoms with Gasteiger partial charge in [-0.1, -0.05) is 59.1 Å². The average Bonchev–Trinajstić information content (AvgIpc) is 3.43. The Bertz CT molecular complexity index is 1810. The number of anilines is 3. The van der Waals surface area contributed by atoms with Crippen LogP contribution in [0.4, 0.5) is 21.5 Å². The van der Waals surface area contributed by atoms with Crippen LogP contribution in [-0.2, 0) is 0 Å². The summed E-state index contributed by atoms with van der Waals surface area (Å²) < 4.78 is 15.7. The van der Waals surface area contributed by atoms with Crippen molar-refractivity contribution in [2.75, 3.05) is 30.3 Å². The van der Waals surface area contributed by atoms with Crippen LogP contribution in [-0.4, -0.2) is 44.5 Å². The number of rotatable bonds is 8. The van der Waals surface area contributed by atoms with Gasteiger partial charge in [0.25, 0.3) is 0 Å². The Labute approximate surface area is 256 Å². The minimum atomic E-state index is -0.540. The number of hydrogen-bond acceptors (Lipinski definition) is 7. The molecule has 1 aliphatic heterocycles. The molecule has 0 amide bonds. The lowest BCUT2D eigenvalue weighted by molar-refractivity contribution is 0.104. The molecule has 5 aromatic rings. The highest BCUT2D eigenvalue weighted by Gasteiger charge is 2.29. The molecule has 0 bridgehead atoms. The van der Waals surface area contributed by atoms with Gasteiger partial charge in [-0.05, 0) is 54.6 Å². The number of halogens is 4. The second-order valence-corrected chi connectivity index (χ2v) is 11.3. The summed E-state index contributed by atoms with van der Waals surface area (Å²) in [6.07, 6.45) is 3.41. The summed E-state index contributed by atoms with van der Waals surface area (Å²) >= 11 is 18.9. The summed E-state index contributed by atoms with van der Waals surface area (Å²) in [7, 11) is 0. The van der Waals surface area contributed by atoms with Gasteiger partial charge in [0.15, 0.2) is 0 Å². The molecule has 6 rings (SSSR count). The van der Waals surface area contributed by atoms with E-state index in [0.29, 0.717) is 38.0 Å². The fourth-order valence-corrected chi connectivity index (χ4v) is 5.57. The number of nitrogens with zero attached hydrogens (tertiary/aromatic N) is 6. The number of fused-ring (bicyclic) bond motifs is 1. The first-order valence-corrected chi connectivity index (χ1v) is 14.4. The summed E-state index contributed by atoms with van der Waals surface area (Å²) in [6.45, 7) is 5.01. The molecule has 0 aliphatic carbocycles. The lowest BCUT2D eigenvalue weighted by Crippen LogP contribution is -2.47. The van der Waals surface area contributed by atoms with Crippen LogP contribution in [0.15, 0.2) is 67.0 Å². The second kappa shape index (κ2) is 11.7. The number of benzene rings is 3. The Hall–Kier alpha value is -3.94. The number of nitriles is 1. The highest BCUT2D eigenvalue weighted by molar-refractivity contribution is 6.36. The minimum Gasteiger partial charge on any atom is -0.373 e. The molecule has 2 aromatic heterocycles. The first-order chi connectivity index (χ1) is 20.3. The highest BCUT2D eigenvalue weighted by atomic mass is 35.5. The van der Waals surface area contributed by atoms with E-state index < -0.39 is 5.82 Å². The smallest absolute Gasteiger partial charge is 0.141 e. The number of pyridine rings is 1. The molecule has 0 spiro atoms. The SMILES string of the molecule is CCN1CC(n2cc(C(Nc3cc(Cl)c4ncc(C#N)c(Nc5ccc(F)c(Cl)c5)c4c3)c3ccc(Cl)cc3)nn2)C1. The van der Waals surface area contributed by atoms with Gasteiger partial charge in [-0.25, -0.2) is 9.07 Å². The first kappa shape index (κ1) is 28.2. The molecule has 8 nitrogen and oxygen atoms in total. The van der Waals surface area contributed by atoms with Crippen LogP contribution in [0.2, 0.25) is 15.1 Å². The summed E-state index contributed by atoms with van der Waals surface area (Å²) in [5.41, 5.74) is 4.08. The van der Waals surface area contributed by atoms with Gasteiger partial charge >= 0.3 is 0 Å². The number of hydrogen-bond donors (Lipinski definition) is 2. The lowest BCUT2D eigenvalue weighted by Gasteiger charge is -2.37. The van der Waals surface area contributed by atoms with Crippen molar-refractivity contribution in [1.82, 2.24) is 24.9 Å². The van der Waals surface area contributed by atoms with E-state index in [-0.39, 0.29) is 22.7 Å². The normalized spacial score (nSPS) is 14.4. The van der Waals surface area contributed by atoms with Crippen molar-refractivity contribution in [1.29, 1.82) is 5.26 Å². The summed E-state index contributed by atoms with van der Waals surface area (Å²) in [4.78, 5) is 6.77. The van der Waals surface area contributed by atoms with E-state index in [1.165, 1.54) is 18.3 Å². The van der Waals surface area contributed by atoms with Gasteiger partial charge in [0.2, 0.25) is 0 Å². The number of likely N-dealkylation sites (tertiary alicyclic amines) is 1. The average molecular weight is 622 g/mol. The van der Waals surface area contributed by atoms with Gasteiger partial charge in [0.05, 0.1) is 45.1 Å². The van der Waals surface area contributed by atoms with E-state index >= 15 is 0 Å². The third kappa shape index (κ3) is 5.59. The minimum absolute atomic E-state index is 0.0413. The molecule has 3 aromatic carbocycles. The zero-order valence-electron chi connectivity index (χ0n) is 22.3. The van der Waals surface area contributed by atoms with Crippen molar-refractivity contribution >= 4 is 62.8 Å². The van der Waals surface area contributed by atoms with Gasteiger partial charge in [0.1, 0.15) is 17.6 Å². The summed E-state index contributed by atoms with van der Waals surface area (Å²) in [5.74, 6) is -0.540. The standard InChI is InChI=1S/C30H24Cl3FN8/c1-2-41-14-22(15-41)42-16-27(39-40-42)29(17-3-5-19(31)6-4-17)38-21-9-23-28(37-20-7-8-26(34)24(32)10-20)18(12-35)13-36-30(23)25(33)11-21/h3-11,13,16,22,29,38H,2,14-15H2,1H3,(H,36,37). The van der Waals surface area contributed by atoms with Crippen LogP contribution in [0.25, 0.3) is 10.9 Å². The van der Waals surface area contributed by atoms with E-state index in [0.717, 1.165) is 30.9 Å². The molecule has 42 heavy (non-hydrogen) atoms. The fraction of sp³-hybridized carbons (Fsp3) is 0.200. The van der Waals surface area contributed by atoms with Crippen molar-refractivity contribution in [3.05, 3.63) is 105 Å². The van der Waals surface area contributed by atoms with Crippen molar-refractivity contribution in [2.24, 2.45) is 0 Å². The van der Waals surface area contributed by atoms with Crippen LogP contribution in [0.5, 0.6) is 0 Å². The predicted molar refractivity (Wildman–Crippen MR) is 164 cm³/mol. The monoisotopic (exact) mass is 620 g/mol. The zero-order chi connectivity index (χ0) is 29.4. The molecule has 1 unspecified atom stereocenters. The number of likely N-dealkylation sites (N-methyl/N-ethyl adjacent to an activating group) is 1.